The van der Waals surface area contributed by atoms with Gasteiger partial charge in [-0.15, -0.1) is 0 Å². The normalized spacial score (nSPS) is 24.2. The number of hydrogen-bond donors (Lipinski definition) is 1. The summed E-state index contributed by atoms with van der Waals surface area (Å²) in [6.07, 6.45) is 0.510. The summed E-state index contributed by atoms with van der Waals surface area (Å²) < 4.78 is 65.3. The molecule has 4 nitrogen and oxygen atoms in total. The first-order valence-corrected chi connectivity index (χ1v) is 7.51. The highest BCUT2D eigenvalue weighted by molar-refractivity contribution is 7.89. The quantitative estimate of drug-likeness (QED) is 0.861. The van der Waals surface area contributed by atoms with Gasteiger partial charge in [0.15, 0.2) is 17.5 Å². The van der Waals surface area contributed by atoms with E-state index in [2.05, 4.69) is 0 Å². The number of sulfonamides is 1. The van der Waals surface area contributed by atoms with E-state index in [1.165, 1.54) is 0 Å². The maximum Gasteiger partial charge on any atom is 0.246 e. The second-order valence-electron chi connectivity index (χ2n) is 4.81. The molecule has 0 spiro atoms. The molecule has 1 aromatic rings. The molecule has 2 rings (SSSR count). The third kappa shape index (κ3) is 2.32. The van der Waals surface area contributed by atoms with E-state index in [1.54, 1.807) is 6.92 Å². The first-order chi connectivity index (χ1) is 9.30. The van der Waals surface area contributed by atoms with Crippen LogP contribution in [0.3, 0.4) is 0 Å². The van der Waals surface area contributed by atoms with E-state index in [9.17, 15) is 26.7 Å². The summed E-state index contributed by atoms with van der Waals surface area (Å²) in [6, 6.07) is 0.576. The Labute approximate surface area is 114 Å². The number of halogens is 3. The van der Waals surface area contributed by atoms with Gasteiger partial charge in [-0.25, -0.2) is 21.6 Å². The molecule has 0 radical (unpaired) electrons. The first-order valence-electron chi connectivity index (χ1n) is 6.07. The van der Waals surface area contributed by atoms with Gasteiger partial charge in [0.05, 0.1) is 12.6 Å². The van der Waals surface area contributed by atoms with Gasteiger partial charge in [0.25, 0.3) is 0 Å². The zero-order valence-electron chi connectivity index (χ0n) is 10.7. The third-order valence-electron chi connectivity index (χ3n) is 3.61. The highest BCUT2D eigenvalue weighted by Crippen LogP contribution is 2.31. The standard InChI is InChI=1S/C12H14F3NO3S/c1-7-4-5-16(9(7)6-17)20(18,19)10-3-2-8(13)11(14)12(10)15/h2-3,7,9,17H,4-6H2,1H3. The van der Waals surface area contributed by atoms with Crippen molar-refractivity contribution in [1.29, 1.82) is 0 Å². The van der Waals surface area contributed by atoms with Crippen LogP contribution in [0.25, 0.3) is 0 Å². The monoisotopic (exact) mass is 309 g/mol. The fourth-order valence-corrected chi connectivity index (χ4v) is 4.16. The van der Waals surface area contributed by atoms with E-state index >= 15 is 0 Å². The second kappa shape index (κ2) is 5.34. The molecule has 2 atom stereocenters. The molecule has 0 amide bonds. The molecule has 1 N–H and O–H groups in total. The topological polar surface area (TPSA) is 57.6 Å². The SMILES string of the molecule is CC1CCN(S(=O)(=O)c2ccc(F)c(F)c2F)C1CO. The molecule has 1 aliphatic rings. The molecule has 1 fully saturated rings. The van der Waals surface area contributed by atoms with Crippen LogP contribution in [0.4, 0.5) is 13.2 Å². The van der Waals surface area contributed by atoms with Crippen molar-refractivity contribution in [3.63, 3.8) is 0 Å². The van der Waals surface area contributed by atoms with E-state index in [0.717, 1.165) is 4.31 Å². The predicted molar refractivity (Wildman–Crippen MR) is 64.9 cm³/mol. The molecule has 112 valence electrons. The van der Waals surface area contributed by atoms with Gasteiger partial charge >= 0.3 is 0 Å². The van der Waals surface area contributed by atoms with Gasteiger partial charge in [-0.2, -0.15) is 4.31 Å². The van der Waals surface area contributed by atoms with Crippen LogP contribution in [0.15, 0.2) is 17.0 Å². The third-order valence-corrected chi connectivity index (χ3v) is 5.55. The van der Waals surface area contributed by atoms with Gasteiger partial charge in [-0.05, 0) is 24.5 Å². The van der Waals surface area contributed by atoms with Crippen molar-refractivity contribution >= 4 is 10.0 Å². The lowest BCUT2D eigenvalue weighted by Crippen LogP contribution is -2.40. The van der Waals surface area contributed by atoms with Crippen molar-refractivity contribution in [3.8, 4) is 0 Å². The van der Waals surface area contributed by atoms with Crippen LogP contribution in [0.1, 0.15) is 13.3 Å². The maximum atomic E-state index is 13.7. The summed E-state index contributed by atoms with van der Waals surface area (Å²) in [7, 11) is -4.31. The number of rotatable bonds is 3. The molecule has 0 saturated carbocycles. The highest BCUT2D eigenvalue weighted by Gasteiger charge is 2.40. The van der Waals surface area contributed by atoms with Gasteiger partial charge in [-0.1, -0.05) is 6.92 Å². The molecular formula is C12H14F3NO3S. The van der Waals surface area contributed by atoms with Gasteiger partial charge in [0.1, 0.15) is 4.90 Å². The minimum Gasteiger partial charge on any atom is -0.395 e. The fraction of sp³-hybridized carbons (Fsp3) is 0.500. The van der Waals surface area contributed by atoms with Crippen LogP contribution < -0.4 is 0 Å². The minimum atomic E-state index is -4.31. The van der Waals surface area contributed by atoms with Gasteiger partial charge in [-0.3, -0.25) is 0 Å². The summed E-state index contributed by atoms with van der Waals surface area (Å²) in [5.74, 6) is -5.10. The van der Waals surface area contributed by atoms with Gasteiger partial charge < -0.3 is 5.11 Å². The summed E-state index contributed by atoms with van der Waals surface area (Å²) in [5.41, 5.74) is 0. The molecule has 1 aromatic carbocycles. The Morgan fingerprint density at radius 3 is 2.55 bits per heavy atom. The average Bonchev–Trinajstić information content (AvgIpc) is 2.77. The van der Waals surface area contributed by atoms with Crippen molar-refractivity contribution in [3.05, 3.63) is 29.6 Å². The molecule has 0 aromatic heterocycles. The Hall–Kier alpha value is -1.12. The van der Waals surface area contributed by atoms with Gasteiger partial charge in [0.2, 0.25) is 10.0 Å². The summed E-state index contributed by atoms with van der Waals surface area (Å²) in [5, 5.41) is 9.25. The van der Waals surface area contributed by atoms with Crippen LogP contribution in [0.2, 0.25) is 0 Å². The van der Waals surface area contributed by atoms with Crippen LogP contribution in [0.5, 0.6) is 0 Å². The first kappa shape index (κ1) is 15.3. The lowest BCUT2D eigenvalue weighted by Gasteiger charge is -2.24. The molecule has 0 bridgehead atoms. The lowest BCUT2D eigenvalue weighted by molar-refractivity contribution is 0.191. The van der Waals surface area contributed by atoms with E-state index in [0.29, 0.717) is 18.6 Å². The molecule has 0 aliphatic carbocycles. The number of aliphatic hydroxyl groups is 1. The lowest BCUT2D eigenvalue weighted by atomic mass is 10.0. The van der Waals surface area contributed by atoms with Crippen LogP contribution in [-0.4, -0.2) is 37.0 Å². The summed E-state index contributed by atoms with van der Waals surface area (Å²) in [4.78, 5) is -0.913. The van der Waals surface area contributed by atoms with Crippen molar-refractivity contribution < 1.29 is 26.7 Å². The zero-order chi connectivity index (χ0) is 15.1. The predicted octanol–water partition coefficient (Wildman–Crippen LogP) is 1.50. The van der Waals surface area contributed by atoms with Gasteiger partial charge in [0, 0.05) is 6.54 Å². The van der Waals surface area contributed by atoms with E-state index in [4.69, 9.17) is 0 Å². The minimum absolute atomic E-state index is 0.0943. The van der Waals surface area contributed by atoms with Crippen LogP contribution in [0, 0.1) is 23.4 Å². The van der Waals surface area contributed by atoms with Crippen molar-refractivity contribution in [2.75, 3.05) is 13.2 Å². The number of nitrogens with zero attached hydrogens (tertiary/aromatic N) is 1. The molecule has 20 heavy (non-hydrogen) atoms. The molecule has 1 heterocycles. The smallest absolute Gasteiger partial charge is 0.246 e. The largest absolute Gasteiger partial charge is 0.395 e. The Morgan fingerprint density at radius 1 is 1.30 bits per heavy atom. The van der Waals surface area contributed by atoms with Crippen molar-refractivity contribution in [2.45, 2.75) is 24.3 Å². The maximum absolute atomic E-state index is 13.7. The summed E-state index contributed by atoms with van der Waals surface area (Å²) in [6.45, 7) is 1.46. The van der Waals surface area contributed by atoms with E-state index in [-0.39, 0.29) is 12.5 Å². The van der Waals surface area contributed by atoms with Crippen molar-refractivity contribution in [2.24, 2.45) is 5.92 Å². The Kier molecular flexibility index (Phi) is 4.08. The highest BCUT2D eigenvalue weighted by atomic mass is 32.2. The average molecular weight is 309 g/mol. The van der Waals surface area contributed by atoms with Crippen LogP contribution >= 0.6 is 0 Å². The molecule has 1 saturated heterocycles. The Balaban J connectivity index is 2.49. The number of aliphatic hydroxyl groups excluding tert-OH is 1. The van der Waals surface area contributed by atoms with E-state index < -0.39 is 45.0 Å². The second-order valence-corrected chi connectivity index (χ2v) is 6.66. The summed E-state index contributed by atoms with van der Waals surface area (Å²) >= 11 is 0. The number of hydrogen-bond acceptors (Lipinski definition) is 3. The fourth-order valence-electron chi connectivity index (χ4n) is 2.38. The van der Waals surface area contributed by atoms with Crippen LogP contribution in [-0.2, 0) is 10.0 Å². The van der Waals surface area contributed by atoms with Crippen molar-refractivity contribution in [1.82, 2.24) is 4.31 Å². The Bertz CT molecular complexity index is 621. The van der Waals surface area contributed by atoms with E-state index in [1.807, 2.05) is 0 Å². The molecular weight excluding hydrogens is 295 g/mol. The molecule has 8 heteroatoms. The Morgan fingerprint density at radius 2 is 1.95 bits per heavy atom. The molecule has 1 aliphatic heterocycles. The molecule has 2 unspecified atom stereocenters. The number of benzene rings is 1. The zero-order valence-corrected chi connectivity index (χ0v) is 11.5.